The number of anilines is 1. The number of esters is 1. The predicted octanol–water partition coefficient (Wildman–Crippen LogP) is 5.76. The van der Waals surface area contributed by atoms with Crippen LogP contribution in [0.5, 0.6) is 51.7 Å². The lowest BCUT2D eigenvalue weighted by atomic mass is 9.65. The fraction of sp³-hybridized carbons (Fsp3) is 0.317. The molecule has 15 heteroatoms. The van der Waals surface area contributed by atoms with Gasteiger partial charge in [0.1, 0.15) is 11.6 Å². The van der Waals surface area contributed by atoms with E-state index in [2.05, 4.69) is 5.32 Å². The monoisotopic (exact) mass is 773 g/mol. The Morgan fingerprint density at radius 1 is 0.804 bits per heavy atom. The van der Waals surface area contributed by atoms with Gasteiger partial charge in [0.2, 0.25) is 18.3 Å². The zero-order valence-corrected chi connectivity index (χ0v) is 31.6. The van der Waals surface area contributed by atoms with Crippen molar-refractivity contribution in [2.24, 2.45) is 11.8 Å². The van der Waals surface area contributed by atoms with Crippen molar-refractivity contribution in [2.75, 3.05) is 68.5 Å². The average molecular weight is 774 g/mol. The molecular weight excluding hydrogens is 733 g/mol. The van der Waals surface area contributed by atoms with Gasteiger partial charge in [-0.05, 0) is 76.9 Å². The SMILES string of the molecule is COc1ccc(F)c(/C=C(/C(=O)Nc2c3c(cc4c2[C@@H](c2cc(OC)c(OC)c(OC)c2)[C@H]2C(=O)OC[C@@H]2[C@H]4O)OCO3)c2cc(OC)c(OC)c(OC)c2)c1. The molecule has 4 atom stereocenters. The highest BCUT2D eigenvalue weighted by Gasteiger charge is 2.53. The van der Waals surface area contributed by atoms with Gasteiger partial charge >= 0.3 is 5.97 Å². The summed E-state index contributed by atoms with van der Waals surface area (Å²) < 4.78 is 71.8. The number of rotatable bonds is 12. The Labute approximate surface area is 321 Å². The van der Waals surface area contributed by atoms with E-state index in [0.29, 0.717) is 39.7 Å². The number of aliphatic hydroxyl groups excluding tert-OH is 1. The number of aliphatic hydroxyl groups is 1. The van der Waals surface area contributed by atoms with Gasteiger partial charge in [0.05, 0.1) is 74.1 Å². The average Bonchev–Trinajstić information content (AvgIpc) is 3.86. The van der Waals surface area contributed by atoms with Gasteiger partial charge in [0, 0.05) is 23.0 Å². The van der Waals surface area contributed by atoms with Crippen molar-refractivity contribution in [1.82, 2.24) is 0 Å². The van der Waals surface area contributed by atoms with Crippen molar-refractivity contribution in [2.45, 2.75) is 12.0 Å². The first-order valence-corrected chi connectivity index (χ1v) is 17.4. The molecule has 2 aliphatic heterocycles. The Morgan fingerprint density at radius 3 is 2.02 bits per heavy atom. The van der Waals surface area contributed by atoms with Crippen LogP contribution in [0.15, 0.2) is 48.5 Å². The molecule has 0 unspecified atom stereocenters. The number of hydrogen-bond acceptors (Lipinski definition) is 13. The molecule has 0 bridgehead atoms. The Kier molecular flexibility index (Phi) is 10.4. The first-order valence-electron chi connectivity index (χ1n) is 17.4. The third kappa shape index (κ3) is 6.36. The topological polar surface area (TPSA) is 159 Å². The number of halogens is 1. The zero-order valence-electron chi connectivity index (χ0n) is 31.6. The van der Waals surface area contributed by atoms with Gasteiger partial charge in [-0.3, -0.25) is 9.59 Å². The summed E-state index contributed by atoms with van der Waals surface area (Å²) in [6, 6.07) is 12.3. The maximum absolute atomic E-state index is 15.5. The van der Waals surface area contributed by atoms with Crippen LogP contribution >= 0.6 is 0 Å². The van der Waals surface area contributed by atoms with Crippen molar-refractivity contribution >= 4 is 29.2 Å². The molecule has 0 aromatic heterocycles. The molecule has 0 saturated carbocycles. The van der Waals surface area contributed by atoms with Crippen LogP contribution in [0.2, 0.25) is 0 Å². The fourth-order valence-electron chi connectivity index (χ4n) is 7.68. The lowest BCUT2D eigenvalue weighted by Crippen LogP contribution is -2.35. The second-order valence-electron chi connectivity index (χ2n) is 13.0. The van der Waals surface area contributed by atoms with Crippen molar-refractivity contribution < 1.29 is 66.5 Å². The van der Waals surface area contributed by atoms with Crippen LogP contribution in [-0.4, -0.2) is 80.2 Å². The molecule has 4 aromatic rings. The van der Waals surface area contributed by atoms with E-state index in [1.54, 1.807) is 30.3 Å². The van der Waals surface area contributed by atoms with Gasteiger partial charge in [0.25, 0.3) is 5.91 Å². The molecule has 0 spiro atoms. The molecule has 0 radical (unpaired) electrons. The van der Waals surface area contributed by atoms with E-state index in [1.165, 1.54) is 74.0 Å². The van der Waals surface area contributed by atoms with E-state index in [1.807, 2.05) is 0 Å². The van der Waals surface area contributed by atoms with Crippen molar-refractivity contribution in [1.29, 1.82) is 0 Å². The first-order chi connectivity index (χ1) is 27.1. The molecule has 14 nitrogen and oxygen atoms in total. The van der Waals surface area contributed by atoms with Crippen LogP contribution in [0.1, 0.15) is 39.8 Å². The van der Waals surface area contributed by atoms with Crippen molar-refractivity contribution in [3.63, 3.8) is 0 Å². The number of carbonyl (C=O) groups is 2. The lowest BCUT2D eigenvalue weighted by Gasteiger charge is -2.38. The third-order valence-corrected chi connectivity index (χ3v) is 10.3. The fourth-order valence-corrected chi connectivity index (χ4v) is 7.68. The van der Waals surface area contributed by atoms with Crippen LogP contribution in [-0.2, 0) is 14.3 Å². The van der Waals surface area contributed by atoms with Gasteiger partial charge in [0.15, 0.2) is 34.5 Å². The van der Waals surface area contributed by atoms with E-state index >= 15 is 4.39 Å². The van der Waals surface area contributed by atoms with Gasteiger partial charge in [-0.2, -0.15) is 0 Å². The minimum atomic E-state index is -1.21. The number of carbonyl (C=O) groups excluding carboxylic acids is 2. The Bertz CT molecular complexity index is 2190. The van der Waals surface area contributed by atoms with Crippen LogP contribution in [0.25, 0.3) is 11.6 Å². The van der Waals surface area contributed by atoms with Crippen molar-refractivity contribution in [3.05, 3.63) is 82.2 Å². The van der Waals surface area contributed by atoms with E-state index in [0.717, 1.165) is 0 Å². The number of ether oxygens (including phenoxy) is 10. The van der Waals surface area contributed by atoms with E-state index in [9.17, 15) is 14.7 Å². The first kappa shape index (κ1) is 37.9. The molecular formula is C41H40FNO13. The minimum Gasteiger partial charge on any atom is -0.497 e. The zero-order chi connectivity index (χ0) is 39.8. The second-order valence-corrected chi connectivity index (χ2v) is 13.0. The predicted molar refractivity (Wildman–Crippen MR) is 199 cm³/mol. The number of benzene rings is 4. The standard InChI is InChI=1S/C41H40FNO13/c1-47-22-8-9-26(42)20(10-22)11-23(19-12-27(48-2)37(52-6)28(13-19)49-3)40(45)43-35-33-24(16-31-39(35)56-18-55-31)36(44)25-17-54-41(46)34(25)32(33)21-14-29(50-4)38(53-7)30(15-21)51-5/h8-16,25,32,34,36,44H,17-18H2,1-7H3,(H,43,45)/b23-11+/t25-,32+,34-,36-/m0/s1. The minimum absolute atomic E-state index is 0.0328. The second kappa shape index (κ2) is 15.4. The highest BCUT2D eigenvalue weighted by Crippen LogP contribution is 2.59. The summed E-state index contributed by atoms with van der Waals surface area (Å²) in [5, 5.41) is 14.9. The summed E-state index contributed by atoms with van der Waals surface area (Å²) in [6.45, 7) is -0.229. The van der Waals surface area contributed by atoms with Crippen molar-refractivity contribution in [3.8, 4) is 51.7 Å². The summed E-state index contributed by atoms with van der Waals surface area (Å²) in [5.41, 5.74) is 1.64. The van der Waals surface area contributed by atoms with Crippen LogP contribution in [0.4, 0.5) is 10.1 Å². The molecule has 294 valence electrons. The van der Waals surface area contributed by atoms with E-state index < -0.39 is 41.6 Å². The highest BCUT2D eigenvalue weighted by molar-refractivity contribution is 6.30. The molecule has 7 rings (SSSR count). The van der Waals surface area contributed by atoms with Gasteiger partial charge in [-0.15, -0.1) is 0 Å². The summed E-state index contributed by atoms with van der Waals surface area (Å²) in [5.74, 6) is -1.87. The lowest BCUT2D eigenvalue weighted by molar-refractivity contribution is -0.141. The van der Waals surface area contributed by atoms with E-state index in [4.69, 9.17) is 47.4 Å². The molecule has 4 aromatic carbocycles. The molecule has 1 aliphatic carbocycles. The molecule has 56 heavy (non-hydrogen) atoms. The summed E-state index contributed by atoms with van der Waals surface area (Å²) in [6.07, 6.45) is 0.150. The maximum Gasteiger partial charge on any atom is 0.310 e. The quantitative estimate of drug-likeness (QED) is 0.102. The Balaban J connectivity index is 1.47. The molecule has 1 amide bonds. The maximum atomic E-state index is 15.5. The number of hydrogen-bond donors (Lipinski definition) is 2. The number of amides is 1. The van der Waals surface area contributed by atoms with Crippen LogP contribution in [0, 0.1) is 17.7 Å². The Morgan fingerprint density at radius 2 is 1.43 bits per heavy atom. The summed E-state index contributed by atoms with van der Waals surface area (Å²) >= 11 is 0. The van der Waals surface area contributed by atoms with Gasteiger partial charge in [-0.1, -0.05) is 0 Å². The number of methoxy groups -OCH3 is 7. The molecule has 2 heterocycles. The van der Waals surface area contributed by atoms with Crippen LogP contribution < -0.4 is 47.9 Å². The van der Waals surface area contributed by atoms with Gasteiger partial charge in [-0.25, -0.2) is 4.39 Å². The summed E-state index contributed by atoms with van der Waals surface area (Å²) in [7, 11) is 10.2. The normalized spacial score (nSPS) is 19.3. The number of fused-ring (bicyclic) bond motifs is 3. The van der Waals surface area contributed by atoms with Crippen LogP contribution in [0.3, 0.4) is 0 Å². The number of cyclic esters (lactones) is 1. The largest absolute Gasteiger partial charge is 0.497 e. The highest BCUT2D eigenvalue weighted by atomic mass is 19.1. The third-order valence-electron chi connectivity index (χ3n) is 10.3. The van der Waals surface area contributed by atoms with Gasteiger partial charge < -0.3 is 57.8 Å². The smallest absolute Gasteiger partial charge is 0.310 e. The summed E-state index contributed by atoms with van der Waals surface area (Å²) in [4.78, 5) is 28.6. The molecule has 3 aliphatic rings. The number of nitrogens with one attached hydrogen (secondary N) is 1. The van der Waals surface area contributed by atoms with E-state index in [-0.39, 0.29) is 64.5 Å². The Hall–Kier alpha value is -6.35. The molecule has 1 saturated heterocycles. The molecule has 2 N–H and O–H groups in total. The molecule has 1 fully saturated rings.